The van der Waals surface area contributed by atoms with Gasteiger partial charge in [0.1, 0.15) is 0 Å². The van der Waals surface area contributed by atoms with Crippen LogP contribution in [0.1, 0.15) is 50.7 Å². The summed E-state index contributed by atoms with van der Waals surface area (Å²) >= 11 is 0. The Morgan fingerprint density at radius 2 is 1.40 bits per heavy atom. The highest BCUT2D eigenvalue weighted by atomic mass is 15.0. The van der Waals surface area contributed by atoms with E-state index >= 15 is 0 Å². The monoisotopic (exact) mass is 578 g/mol. The summed E-state index contributed by atoms with van der Waals surface area (Å²) in [6, 6.07) is 34.5. The Labute approximate surface area is 262 Å². The molecular weight excluding hydrogens is 544 g/mol. The Morgan fingerprint density at radius 3 is 2.24 bits per heavy atom. The lowest BCUT2D eigenvalue weighted by molar-refractivity contribution is 0.637. The van der Waals surface area contributed by atoms with Gasteiger partial charge in [-0.25, -0.2) is 0 Å². The highest BCUT2D eigenvalue weighted by Gasteiger charge is 2.36. The van der Waals surface area contributed by atoms with Crippen molar-refractivity contribution in [2.45, 2.75) is 44.9 Å². The molecule has 0 atom stereocenters. The first-order valence-electron chi connectivity index (χ1n) is 16.4. The van der Waals surface area contributed by atoms with E-state index in [9.17, 15) is 0 Å². The summed E-state index contributed by atoms with van der Waals surface area (Å²) in [5.74, 6) is 0. The molecule has 10 rings (SSSR count). The van der Waals surface area contributed by atoms with E-state index in [-0.39, 0.29) is 5.41 Å². The van der Waals surface area contributed by atoms with Crippen molar-refractivity contribution < 1.29 is 0 Å². The lowest BCUT2D eigenvalue weighted by atomic mass is 9.66. The first kappa shape index (κ1) is 25.3. The van der Waals surface area contributed by atoms with E-state index in [1.54, 1.807) is 0 Å². The standard InChI is InChI=1S/C43H34N2/c1-43(2)34-19-9-6-17-32(34)42-40-27(13-12-20-35(40)43)25-39-41(42)33-18-8-11-22-37(33)45(39)29-23-24-31-30-16-7-10-21-36(30)44(38(31)26-29)28-14-4-3-5-15-28/h3-4,7-14,16,18-26H,5-6,15,17H2,1-2H3. The Balaban J connectivity index is 1.35. The van der Waals surface area contributed by atoms with Crippen molar-refractivity contribution in [3.8, 4) is 5.69 Å². The maximum Gasteiger partial charge on any atom is 0.0558 e. The maximum atomic E-state index is 2.53. The van der Waals surface area contributed by atoms with Gasteiger partial charge >= 0.3 is 0 Å². The molecule has 2 heteroatoms. The van der Waals surface area contributed by atoms with Crippen LogP contribution in [0, 0.1) is 0 Å². The summed E-state index contributed by atoms with van der Waals surface area (Å²) in [7, 11) is 0. The molecule has 0 spiro atoms. The molecule has 0 fully saturated rings. The average Bonchev–Trinajstić information content (AvgIpc) is 3.59. The lowest BCUT2D eigenvalue weighted by Crippen LogP contribution is -2.25. The number of allylic oxidation sites excluding steroid dienone is 8. The molecule has 0 radical (unpaired) electrons. The lowest BCUT2D eigenvalue weighted by Gasteiger charge is -2.38. The number of nitrogens with zero attached hydrogens (tertiary/aromatic N) is 2. The third kappa shape index (κ3) is 3.29. The second-order valence-electron chi connectivity index (χ2n) is 13.5. The fourth-order valence-electron chi connectivity index (χ4n) is 8.84. The minimum atomic E-state index is -0.0216. The minimum Gasteiger partial charge on any atom is -0.313 e. The molecule has 0 N–H and O–H groups in total. The van der Waals surface area contributed by atoms with Crippen LogP contribution in [0.3, 0.4) is 0 Å². The summed E-state index contributed by atoms with van der Waals surface area (Å²) in [6.07, 6.45) is 15.9. The molecule has 2 nitrogen and oxygen atoms in total. The van der Waals surface area contributed by atoms with Crippen molar-refractivity contribution in [2.24, 2.45) is 0 Å². The number of rotatable bonds is 2. The third-order valence-corrected chi connectivity index (χ3v) is 10.8. The minimum absolute atomic E-state index is 0.0216. The highest BCUT2D eigenvalue weighted by molar-refractivity contribution is 6.22. The zero-order chi connectivity index (χ0) is 29.9. The fourth-order valence-corrected chi connectivity index (χ4v) is 8.84. The van der Waals surface area contributed by atoms with Crippen LogP contribution in [-0.2, 0) is 5.41 Å². The average molecular weight is 579 g/mol. The number of hydrogen-bond acceptors (Lipinski definition) is 0. The summed E-state index contributed by atoms with van der Waals surface area (Å²) in [6.45, 7) is 4.82. The Kier molecular flexibility index (Phi) is 5.05. The number of aromatic nitrogens is 2. The van der Waals surface area contributed by atoms with Crippen LogP contribution in [0.15, 0.2) is 127 Å². The number of para-hydroxylation sites is 2. The van der Waals surface area contributed by atoms with Crippen molar-refractivity contribution in [1.82, 2.24) is 9.13 Å². The van der Waals surface area contributed by atoms with Gasteiger partial charge in [-0.2, -0.15) is 0 Å². The van der Waals surface area contributed by atoms with Crippen molar-refractivity contribution >= 4 is 65.7 Å². The second-order valence-corrected chi connectivity index (χ2v) is 13.5. The number of fused-ring (bicyclic) bond motifs is 8. The molecule has 216 valence electrons. The van der Waals surface area contributed by atoms with Gasteiger partial charge in [0, 0.05) is 38.3 Å². The van der Waals surface area contributed by atoms with Gasteiger partial charge in [0.05, 0.1) is 22.1 Å². The van der Waals surface area contributed by atoms with Crippen LogP contribution in [0.5, 0.6) is 0 Å². The topological polar surface area (TPSA) is 9.86 Å². The molecule has 45 heavy (non-hydrogen) atoms. The third-order valence-electron chi connectivity index (χ3n) is 10.8. The zero-order valence-corrected chi connectivity index (χ0v) is 25.8. The van der Waals surface area contributed by atoms with E-state index in [0.29, 0.717) is 0 Å². The van der Waals surface area contributed by atoms with E-state index < -0.39 is 0 Å². The Hall–Kier alpha value is -5.08. The van der Waals surface area contributed by atoms with Crippen LogP contribution in [-0.4, -0.2) is 9.13 Å². The van der Waals surface area contributed by atoms with E-state index in [4.69, 9.17) is 0 Å². The number of hydrogen-bond donors (Lipinski definition) is 0. The van der Waals surface area contributed by atoms with Crippen LogP contribution >= 0.6 is 0 Å². The Bertz CT molecular complexity index is 2550. The summed E-state index contributed by atoms with van der Waals surface area (Å²) in [5.41, 5.74) is 13.6. The second kappa shape index (κ2) is 8.99. The van der Waals surface area contributed by atoms with Crippen molar-refractivity contribution in [2.75, 3.05) is 0 Å². The van der Waals surface area contributed by atoms with Crippen LogP contribution in [0.4, 0.5) is 0 Å². The van der Waals surface area contributed by atoms with Gasteiger partial charge in [0.25, 0.3) is 0 Å². The SMILES string of the molecule is CC1(C)C2=C(CCC=C2)c2c3c1cccc3cc1c2c2ccccc2n1-c1ccc2c3ccccc3n(C3=CC=CCC3)c2c1. The van der Waals surface area contributed by atoms with E-state index in [2.05, 4.69) is 144 Å². The molecule has 2 heterocycles. The molecule has 0 aliphatic heterocycles. The fraction of sp³-hybridized carbons (Fsp3) is 0.163. The zero-order valence-electron chi connectivity index (χ0n) is 25.8. The van der Waals surface area contributed by atoms with Crippen molar-refractivity contribution in [3.05, 3.63) is 138 Å². The van der Waals surface area contributed by atoms with Crippen LogP contribution in [0.2, 0.25) is 0 Å². The predicted octanol–water partition coefficient (Wildman–Crippen LogP) is 11.6. The van der Waals surface area contributed by atoms with Gasteiger partial charge in [0.2, 0.25) is 0 Å². The van der Waals surface area contributed by atoms with Crippen molar-refractivity contribution in [1.29, 1.82) is 0 Å². The van der Waals surface area contributed by atoms with Gasteiger partial charge in [-0.1, -0.05) is 98.8 Å². The summed E-state index contributed by atoms with van der Waals surface area (Å²) < 4.78 is 5.03. The maximum absolute atomic E-state index is 2.53. The predicted molar refractivity (Wildman–Crippen MR) is 192 cm³/mol. The Morgan fingerprint density at radius 1 is 0.622 bits per heavy atom. The molecule has 5 aromatic carbocycles. The molecule has 3 aliphatic rings. The van der Waals surface area contributed by atoms with Gasteiger partial charge in [-0.15, -0.1) is 0 Å². The molecule has 0 unspecified atom stereocenters. The molecular formula is C43H34N2. The van der Waals surface area contributed by atoms with Gasteiger partial charge < -0.3 is 9.13 Å². The van der Waals surface area contributed by atoms with E-state index in [1.165, 1.54) is 88.0 Å². The van der Waals surface area contributed by atoms with Gasteiger partial charge in [0.15, 0.2) is 0 Å². The van der Waals surface area contributed by atoms with Crippen LogP contribution in [0.25, 0.3) is 71.3 Å². The molecule has 3 aliphatic carbocycles. The first-order valence-corrected chi connectivity index (χ1v) is 16.4. The van der Waals surface area contributed by atoms with E-state index in [1.807, 2.05) is 0 Å². The highest BCUT2D eigenvalue weighted by Crippen LogP contribution is 2.53. The normalized spacial score (nSPS) is 17.2. The van der Waals surface area contributed by atoms with Crippen molar-refractivity contribution in [3.63, 3.8) is 0 Å². The molecule has 0 amide bonds. The molecule has 0 saturated carbocycles. The molecule has 2 aromatic heterocycles. The molecule has 0 saturated heterocycles. The summed E-state index contributed by atoms with van der Waals surface area (Å²) in [5, 5.41) is 8.13. The first-order chi connectivity index (χ1) is 22.1. The molecule has 0 bridgehead atoms. The molecule has 7 aromatic rings. The largest absolute Gasteiger partial charge is 0.313 e. The van der Waals surface area contributed by atoms with Crippen LogP contribution < -0.4 is 0 Å². The van der Waals surface area contributed by atoms with Gasteiger partial charge in [-0.3, -0.25) is 0 Å². The smallest absolute Gasteiger partial charge is 0.0558 e. The summed E-state index contributed by atoms with van der Waals surface area (Å²) in [4.78, 5) is 0. The number of benzene rings is 5. The quantitative estimate of drug-likeness (QED) is 0.193. The van der Waals surface area contributed by atoms with Gasteiger partial charge in [-0.05, 0) is 95.1 Å². The van der Waals surface area contributed by atoms with E-state index in [0.717, 1.165) is 25.7 Å².